The van der Waals surface area contributed by atoms with E-state index in [0.29, 0.717) is 0 Å². The van der Waals surface area contributed by atoms with Crippen molar-refractivity contribution in [3.05, 3.63) is 43.3 Å². The van der Waals surface area contributed by atoms with Gasteiger partial charge in [-0.3, -0.25) is 0 Å². The molecular formula is C14H29Y3-. The molecule has 95 valence electrons. The Morgan fingerprint density at radius 3 is 0.529 bits per heavy atom. The Bertz CT molecular complexity index is 83.4. The molecule has 3 heteroatoms. The summed E-state index contributed by atoms with van der Waals surface area (Å²) in [6.45, 7) is 17.0. The van der Waals surface area contributed by atoms with Crippen molar-refractivity contribution in [2.24, 2.45) is 0 Å². The summed E-state index contributed by atoms with van der Waals surface area (Å²) in [4.78, 5) is 0. The van der Waals surface area contributed by atoms with Crippen molar-refractivity contribution in [2.45, 2.75) is 48.5 Å². The largest absolute Gasteiger partial charge is 0.346 e. The fourth-order valence-electron chi connectivity index (χ4n) is 0.385. The summed E-state index contributed by atoms with van der Waals surface area (Å²) in [5.41, 5.74) is 0. The Balaban J connectivity index is -0.0000000162. The third-order valence-electron chi connectivity index (χ3n) is 0.667. The second-order valence-corrected chi connectivity index (χ2v) is 1.15. The fourth-order valence-corrected chi connectivity index (χ4v) is 0.385. The summed E-state index contributed by atoms with van der Waals surface area (Å²) in [6, 6.07) is 12.0. The van der Waals surface area contributed by atoms with Gasteiger partial charge in [-0.2, -0.15) is 6.92 Å². The van der Waals surface area contributed by atoms with Crippen LogP contribution in [0, 0.1) is 6.92 Å². The zero-order valence-corrected chi connectivity index (χ0v) is 21.4. The van der Waals surface area contributed by atoms with Crippen molar-refractivity contribution >= 4 is 0 Å². The van der Waals surface area contributed by atoms with Crippen LogP contribution in [0.1, 0.15) is 48.5 Å². The van der Waals surface area contributed by atoms with E-state index in [1.54, 1.807) is 6.92 Å². The van der Waals surface area contributed by atoms with Gasteiger partial charge in [-0.1, -0.05) is 77.9 Å². The Morgan fingerprint density at radius 2 is 0.471 bits per heavy atom. The molecule has 0 saturated heterocycles. The molecule has 0 heterocycles. The van der Waals surface area contributed by atoms with E-state index in [-0.39, 0.29) is 98.1 Å². The molecule has 0 aromatic heterocycles. The maximum absolute atomic E-state index is 3.25. The van der Waals surface area contributed by atoms with Crippen LogP contribution in [0.15, 0.2) is 36.4 Å². The summed E-state index contributed by atoms with van der Waals surface area (Å²) >= 11 is 0. The molecule has 0 amide bonds. The minimum atomic E-state index is 0. The summed E-state index contributed by atoms with van der Waals surface area (Å²) in [5, 5.41) is 0. The monoisotopic (exact) mass is 464 g/mol. The van der Waals surface area contributed by atoms with Crippen molar-refractivity contribution < 1.29 is 98.1 Å². The van der Waals surface area contributed by atoms with Gasteiger partial charge in [-0.25, -0.2) is 0 Å². The van der Waals surface area contributed by atoms with E-state index in [1.165, 1.54) is 0 Å². The van der Waals surface area contributed by atoms with Gasteiger partial charge in [0.2, 0.25) is 0 Å². The molecule has 0 fully saturated rings. The molecule has 0 spiro atoms. The molecule has 0 atom stereocenters. The van der Waals surface area contributed by atoms with Crippen LogP contribution in [0.4, 0.5) is 0 Å². The van der Waals surface area contributed by atoms with Crippen molar-refractivity contribution in [2.75, 3.05) is 0 Å². The maximum atomic E-state index is 3.25. The van der Waals surface area contributed by atoms with Gasteiger partial charge in [-0.05, 0) is 0 Å². The molecule has 0 saturated carbocycles. The van der Waals surface area contributed by atoms with Crippen LogP contribution in [0.3, 0.4) is 0 Å². The van der Waals surface area contributed by atoms with Crippen LogP contribution in [-0.2, 0) is 98.1 Å². The zero-order valence-electron chi connectivity index (χ0n) is 12.9. The Morgan fingerprint density at radius 1 is 0.412 bits per heavy atom. The molecule has 0 N–H and O–H groups in total. The van der Waals surface area contributed by atoms with E-state index in [2.05, 4.69) is 6.92 Å². The second-order valence-electron chi connectivity index (χ2n) is 1.15. The number of rotatable bonds is 0. The molecular weight excluding hydrogens is 435 g/mol. The predicted molar refractivity (Wildman–Crippen MR) is 71.5 cm³/mol. The van der Waals surface area contributed by atoms with E-state index in [0.717, 1.165) is 0 Å². The Hall–Kier alpha value is 2.53. The van der Waals surface area contributed by atoms with Crippen LogP contribution in [-0.4, -0.2) is 0 Å². The van der Waals surface area contributed by atoms with Crippen LogP contribution in [0.2, 0.25) is 0 Å². The summed E-state index contributed by atoms with van der Waals surface area (Å²) < 4.78 is 0. The third kappa shape index (κ3) is 69.6. The molecule has 1 aromatic rings. The average molecular weight is 464 g/mol. The van der Waals surface area contributed by atoms with Crippen molar-refractivity contribution in [3.63, 3.8) is 0 Å². The second kappa shape index (κ2) is 78.3. The van der Waals surface area contributed by atoms with Gasteiger partial charge in [0.1, 0.15) is 0 Å². The molecule has 0 bridgehead atoms. The normalized spacial score (nSPS) is 4.24. The van der Waals surface area contributed by atoms with E-state index < -0.39 is 0 Å². The van der Waals surface area contributed by atoms with E-state index in [1.807, 2.05) is 77.9 Å². The average Bonchev–Trinajstić information content (AvgIpc) is 2.41. The zero-order chi connectivity index (χ0) is 12.2. The summed E-state index contributed by atoms with van der Waals surface area (Å²) in [5.74, 6) is 0. The smallest absolute Gasteiger partial charge is 0 e. The van der Waals surface area contributed by atoms with Gasteiger partial charge < -0.3 is 6.92 Å². The molecule has 1 aromatic carbocycles. The minimum absolute atomic E-state index is 0. The molecule has 0 nitrogen and oxygen atoms in total. The topological polar surface area (TPSA) is 0 Å². The first-order valence-corrected chi connectivity index (χ1v) is 5.71. The predicted octanol–water partition coefficient (Wildman–Crippen LogP) is 5.60. The van der Waals surface area contributed by atoms with Gasteiger partial charge in [0.25, 0.3) is 0 Å². The quantitative estimate of drug-likeness (QED) is 0.439. The first kappa shape index (κ1) is 42.7. The van der Waals surface area contributed by atoms with Crippen molar-refractivity contribution in [1.29, 1.82) is 0 Å². The van der Waals surface area contributed by atoms with Gasteiger partial charge >= 0.3 is 0 Å². The number of hydrogen-bond acceptors (Lipinski definition) is 0. The van der Waals surface area contributed by atoms with Crippen LogP contribution >= 0.6 is 0 Å². The maximum Gasteiger partial charge on any atom is 0 e. The fraction of sp³-hybridized carbons (Fsp3) is 0.500. The standard InChI is InChI=1S/C6H6.3C2H6.C2H5.3Y/c1-2-4-6-5-3-1;4*1-2;;;/h1-6H;3*1-2H3;1H2,2H3;;;/q;;;;-1;;;. The van der Waals surface area contributed by atoms with E-state index in [9.17, 15) is 0 Å². The molecule has 3 radical (unpaired) electrons. The molecule has 0 aliphatic heterocycles. The molecule has 0 unspecified atom stereocenters. The van der Waals surface area contributed by atoms with Gasteiger partial charge in [0, 0.05) is 98.1 Å². The minimum Gasteiger partial charge on any atom is -0.346 e. The molecule has 17 heavy (non-hydrogen) atoms. The Kier molecular flexibility index (Phi) is 197. The van der Waals surface area contributed by atoms with Crippen molar-refractivity contribution in [1.82, 2.24) is 0 Å². The summed E-state index contributed by atoms with van der Waals surface area (Å²) in [7, 11) is 0. The van der Waals surface area contributed by atoms with Gasteiger partial charge in [0.05, 0.1) is 0 Å². The SMILES string of the molecule is CC.CC.CC.[CH2-]C.[Y].[Y].[Y].c1ccccc1. The molecule has 0 aliphatic carbocycles. The first-order valence-electron chi connectivity index (χ1n) is 5.71. The third-order valence-corrected chi connectivity index (χ3v) is 0.667. The molecule has 1 rings (SSSR count). The van der Waals surface area contributed by atoms with Crippen LogP contribution < -0.4 is 0 Å². The molecule has 0 aliphatic rings. The van der Waals surface area contributed by atoms with Gasteiger partial charge in [-0.15, -0.1) is 0 Å². The number of benzene rings is 1. The Labute approximate surface area is 187 Å². The van der Waals surface area contributed by atoms with E-state index in [4.69, 9.17) is 0 Å². The number of hydrogen-bond donors (Lipinski definition) is 0. The van der Waals surface area contributed by atoms with Crippen LogP contribution in [0.25, 0.3) is 0 Å². The first-order chi connectivity index (χ1) is 7.00. The van der Waals surface area contributed by atoms with Gasteiger partial charge in [0.15, 0.2) is 0 Å². The van der Waals surface area contributed by atoms with Crippen molar-refractivity contribution in [3.8, 4) is 0 Å². The summed E-state index contributed by atoms with van der Waals surface area (Å²) in [6.07, 6.45) is 0. The van der Waals surface area contributed by atoms with Crippen LogP contribution in [0.5, 0.6) is 0 Å². The van der Waals surface area contributed by atoms with E-state index >= 15 is 0 Å².